The van der Waals surface area contributed by atoms with Crippen LogP contribution in [0, 0.1) is 12.8 Å². The van der Waals surface area contributed by atoms with Gasteiger partial charge in [0.05, 0.1) is 11.3 Å². The fourth-order valence-corrected chi connectivity index (χ4v) is 2.51. The lowest BCUT2D eigenvalue weighted by atomic mass is 9.91. The molecule has 0 aliphatic heterocycles. The maximum Gasteiger partial charge on any atom is 0.130 e. The molecule has 1 saturated carbocycles. The monoisotopic (exact) mass is 242 g/mol. The third-order valence-corrected chi connectivity index (χ3v) is 3.73. The first-order valence-corrected chi connectivity index (χ1v) is 6.17. The number of aromatic nitrogens is 2. The van der Waals surface area contributed by atoms with Crippen LogP contribution in [0.25, 0.3) is 0 Å². The van der Waals surface area contributed by atoms with Crippen molar-refractivity contribution in [2.75, 3.05) is 0 Å². The summed E-state index contributed by atoms with van der Waals surface area (Å²) in [7, 11) is 1.83. The van der Waals surface area contributed by atoms with E-state index in [9.17, 15) is 5.11 Å². The van der Waals surface area contributed by atoms with Crippen LogP contribution in [0.5, 0.6) is 0 Å². The van der Waals surface area contributed by atoms with Gasteiger partial charge in [0.25, 0.3) is 0 Å². The number of aryl methyl sites for hydroxylation is 2. The van der Waals surface area contributed by atoms with Crippen molar-refractivity contribution in [1.29, 1.82) is 0 Å². The molecule has 16 heavy (non-hydrogen) atoms. The van der Waals surface area contributed by atoms with E-state index >= 15 is 0 Å². The number of nitrogens with zero attached hydrogens (tertiary/aromatic N) is 2. The van der Waals surface area contributed by atoms with Crippen LogP contribution in [-0.4, -0.2) is 20.5 Å². The number of halogens is 1. The molecule has 1 atom stereocenters. The third kappa shape index (κ3) is 2.58. The van der Waals surface area contributed by atoms with E-state index in [2.05, 4.69) is 5.10 Å². The van der Waals surface area contributed by atoms with Crippen LogP contribution < -0.4 is 0 Å². The molecule has 1 heterocycles. The molecule has 1 aromatic rings. The summed E-state index contributed by atoms with van der Waals surface area (Å²) in [5.74, 6) is 0.714. The standard InChI is InChI=1S/C12H19ClN2O/c1-8-10(11(13)15(3)14-8)7-12(2,16)6-9-4-5-9/h9,16H,4-7H2,1-3H3. The molecule has 1 unspecified atom stereocenters. The molecule has 0 spiro atoms. The van der Waals surface area contributed by atoms with Gasteiger partial charge in [0, 0.05) is 19.0 Å². The van der Waals surface area contributed by atoms with Gasteiger partial charge in [0.2, 0.25) is 0 Å². The SMILES string of the molecule is Cc1nn(C)c(Cl)c1CC(C)(O)CC1CC1. The molecule has 0 radical (unpaired) electrons. The normalized spacial score (nSPS) is 19.8. The minimum atomic E-state index is -0.654. The van der Waals surface area contributed by atoms with Crippen LogP contribution in [0.1, 0.15) is 37.4 Å². The average Bonchev–Trinajstić information content (AvgIpc) is 2.91. The zero-order chi connectivity index (χ0) is 11.9. The smallest absolute Gasteiger partial charge is 0.130 e. The summed E-state index contributed by atoms with van der Waals surface area (Å²) in [6, 6.07) is 0. The molecular formula is C12H19ClN2O. The topological polar surface area (TPSA) is 38.0 Å². The van der Waals surface area contributed by atoms with Crippen LogP contribution in [0.4, 0.5) is 0 Å². The predicted octanol–water partition coefficient (Wildman–Crippen LogP) is 2.48. The zero-order valence-electron chi connectivity index (χ0n) is 10.1. The first-order valence-electron chi connectivity index (χ1n) is 5.79. The first kappa shape index (κ1) is 11.9. The third-order valence-electron chi connectivity index (χ3n) is 3.25. The molecule has 2 rings (SSSR count). The molecule has 0 amide bonds. The van der Waals surface area contributed by atoms with E-state index in [0.29, 0.717) is 17.5 Å². The van der Waals surface area contributed by atoms with Gasteiger partial charge >= 0.3 is 0 Å². The second-order valence-electron chi connectivity index (χ2n) is 5.30. The van der Waals surface area contributed by atoms with Crippen LogP contribution in [0.3, 0.4) is 0 Å². The summed E-state index contributed by atoms with van der Waals surface area (Å²) < 4.78 is 1.67. The molecule has 1 aromatic heterocycles. The van der Waals surface area contributed by atoms with E-state index in [1.54, 1.807) is 4.68 Å². The van der Waals surface area contributed by atoms with Crippen LogP contribution >= 0.6 is 11.6 Å². The number of rotatable bonds is 4. The second-order valence-corrected chi connectivity index (χ2v) is 5.66. The van der Waals surface area contributed by atoms with Gasteiger partial charge in [0.1, 0.15) is 5.15 Å². The minimum Gasteiger partial charge on any atom is -0.390 e. The maximum atomic E-state index is 10.3. The van der Waals surface area contributed by atoms with Gasteiger partial charge in [-0.1, -0.05) is 24.4 Å². The van der Waals surface area contributed by atoms with Gasteiger partial charge < -0.3 is 5.11 Å². The van der Waals surface area contributed by atoms with Gasteiger partial charge in [-0.3, -0.25) is 4.68 Å². The summed E-state index contributed by atoms with van der Waals surface area (Å²) >= 11 is 6.16. The first-order chi connectivity index (χ1) is 7.39. The molecule has 3 nitrogen and oxygen atoms in total. The predicted molar refractivity (Wildman–Crippen MR) is 64.6 cm³/mol. The van der Waals surface area contributed by atoms with E-state index < -0.39 is 5.60 Å². The Morgan fingerprint density at radius 1 is 1.56 bits per heavy atom. The Labute approximate surface area is 101 Å². The van der Waals surface area contributed by atoms with Crippen molar-refractivity contribution in [1.82, 2.24) is 9.78 Å². The van der Waals surface area contributed by atoms with Crippen LogP contribution in [-0.2, 0) is 13.5 Å². The maximum absolute atomic E-state index is 10.3. The van der Waals surface area contributed by atoms with Crippen molar-refractivity contribution < 1.29 is 5.11 Å². The van der Waals surface area contributed by atoms with Crippen molar-refractivity contribution >= 4 is 11.6 Å². The lowest BCUT2D eigenvalue weighted by Crippen LogP contribution is -2.28. The zero-order valence-corrected chi connectivity index (χ0v) is 10.9. The average molecular weight is 243 g/mol. The molecule has 1 aliphatic rings. The summed E-state index contributed by atoms with van der Waals surface area (Å²) in [6.07, 6.45) is 3.99. The lowest BCUT2D eigenvalue weighted by molar-refractivity contribution is 0.0454. The van der Waals surface area contributed by atoms with E-state index in [0.717, 1.165) is 17.7 Å². The highest BCUT2D eigenvalue weighted by Crippen LogP contribution is 2.38. The molecule has 4 heteroatoms. The van der Waals surface area contributed by atoms with E-state index in [1.165, 1.54) is 12.8 Å². The molecule has 0 saturated heterocycles. The Morgan fingerprint density at radius 2 is 2.19 bits per heavy atom. The van der Waals surface area contributed by atoms with Gasteiger partial charge in [-0.15, -0.1) is 0 Å². The summed E-state index contributed by atoms with van der Waals surface area (Å²) in [6.45, 7) is 3.84. The summed E-state index contributed by atoms with van der Waals surface area (Å²) in [5, 5.41) is 15.3. The van der Waals surface area contributed by atoms with Crippen molar-refractivity contribution in [3.05, 3.63) is 16.4 Å². The van der Waals surface area contributed by atoms with Crippen molar-refractivity contribution in [3.8, 4) is 0 Å². The van der Waals surface area contributed by atoms with E-state index in [4.69, 9.17) is 11.6 Å². The van der Waals surface area contributed by atoms with Gasteiger partial charge in [0.15, 0.2) is 0 Å². The highest BCUT2D eigenvalue weighted by atomic mass is 35.5. The summed E-state index contributed by atoms with van der Waals surface area (Å²) in [4.78, 5) is 0. The Hall–Kier alpha value is -0.540. The minimum absolute atomic E-state index is 0.599. The molecule has 0 aromatic carbocycles. The molecule has 1 N–H and O–H groups in total. The Balaban J connectivity index is 2.12. The Kier molecular flexibility index (Phi) is 3.01. The Bertz CT molecular complexity index is 394. The largest absolute Gasteiger partial charge is 0.390 e. The van der Waals surface area contributed by atoms with Crippen molar-refractivity contribution in [2.45, 2.75) is 45.1 Å². The summed E-state index contributed by atoms with van der Waals surface area (Å²) in [5.41, 5.74) is 1.25. The number of hydrogen-bond acceptors (Lipinski definition) is 2. The van der Waals surface area contributed by atoms with Crippen LogP contribution in [0.2, 0.25) is 5.15 Å². The van der Waals surface area contributed by atoms with E-state index in [1.807, 2.05) is 20.9 Å². The van der Waals surface area contributed by atoms with Gasteiger partial charge in [-0.2, -0.15) is 5.10 Å². The van der Waals surface area contributed by atoms with E-state index in [-0.39, 0.29) is 0 Å². The fourth-order valence-electron chi connectivity index (χ4n) is 2.27. The molecular weight excluding hydrogens is 224 g/mol. The molecule has 1 aliphatic carbocycles. The molecule has 1 fully saturated rings. The lowest BCUT2D eigenvalue weighted by Gasteiger charge is -2.23. The van der Waals surface area contributed by atoms with Gasteiger partial charge in [-0.25, -0.2) is 0 Å². The second kappa shape index (κ2) is 4.04. The molecule has 90 valence electrons. The highest BCUT2D eigenvalue weighted by Gasteiger charge is 2.33. The van der Waals surface area contributed by atoms with Crippen molar-refractivity contribution in [3.63, 3.8) is 0 Å². The number of hydrogen-bond donors (Lipinski definition) is 1. The molecule has 0 bridgehead atoms. The van der Waals surface area contributed by atoms with Crippen LogP contribution in [0.15, 0.2) is 0 Å². The van der Waals surface area contributed by atoms with Crippen molar-refractivity contribution in [2.24, 2.45) is 13.0 Å². The highest BCUT2D eigenvalue weighted by molar-refractivity contribution is 6.30. The Morgan fingerprint density at radius 3 is 2.62 bits per heavy atom. The quantitative estimate of drug-likeness (QED) is 0.881. The van der Waals surface area contributed by atoms with Gasteiger partial charge in [-0.05, 0) is 26.2 Å². The number of aliphatic hydroxyl groups is 1. The fraction of sp³-hybridized carbons (Fsp3) is 0.750.